The first-order chi connectivity index (χ1) is 8.70. The highest BCUT2D eigenvalue weighted by Crippen LogP contribution is 2.19. The van der Waals surface area contributed by atoms with Crippen LogP contribution in [0.2, 0.25) is 0 Å². The summed E-state index contributed by atoms with van der Waals surface area (Å²) in [7, 11) is 0. The van der Waals surface area contributed by atoms with E-state index in [0.29, 0.717) is 23.8 Å². The molecule has 0 saturated carbocycles. The molecule has 3 N–H and O–H groups in total. The Bertz CT molecular complexity index is 397. The van der Waals surface area contributed by atoms with Gasteiger partial charge in [0.15, 0.2) is 0 Å². The molecule has 1 atom stereocenters. The van der Waals surface area contributed by atoms with E-state index in [2.05, 4.69) is 5.32 Å². The number of hydrogen-bond donors (Lipinski definition) is 2. The van der Waals surface area contributed by atoms with Crippen LogP contribution in [0.5, 0.6) is 0 Å². The van der Waals surface area contributed by atoms with Crippen molar-refractivity contribution in [3.05, 3.63) is 23.7 Å². The van der Waals surface area contributed by atoms with E-state index in [4.69, 9.17) is 14.9 Å². The van der Waals surface area contributed by atoms with Crippen molar-refractivity contribution >= 4 is 5.91 Å². The Labute approximate surface area is 107 Å². The first-order valence-electron chi connectivity index (χ1n) is 6.36. The number of carbonyl (C=O) groups is 1. The number of amides is 1. The van der Waals surface area contributed by atoms with Gasteiger partial charge in [0.25, 0.3) is 5.91 Å². The molecule has 2 rings (SSSR count). The van der Waals surface area contributed by atoms with Crippen molar-refractivity contribution in [1.82, 2.24) is 5.32 Å². The van der Waals surface area contributed by atoms with Crippen LogP contribution in [0.25, 0.3) is 0 Å². The molecule has 1 aliphatic heterocycles. The van der Waals surface area contributed by atoms with E-state index < -0.39 is 0 Å². The highest BCUT2D eigenvalue weighted by Gasteiger charge is 2.22. The number of furan rings is 1. The first-order valence-corrected chi connectivity index (χ1v) is 6.36. The standard InChI is InChI=1S/C13H20N2O3/c1-9(10-2-4-17-5-3-10)15-13(16)11-6-12(7-14)18-8-11/h6,8-10H,2-5,7,14H2,1H3,(H,15,16). The number of hydrogen-bond acceptors (Lipinski definition) is 4. The lowest BCUT2D eigenvalue weighted by Crippen LogP contribution is -2.40. The van der Waals surface area contributed by atoms with Crippen molar-refractivity contribution in [3.8, 4) is 0 Å². The highest BCUT2D eigenvalue weighted by molar-refractivity contribution is 5.94. The topological polar surface area (TPSA) is 77.5 Å². The molecule has 1 saturated heterocycles. The number of ether oxygens (including phenoxy) is 1. The van der Waals surface area contributed by atoms with Gasteiger partial charge in [0.1, 0.15) is 12.0 Å². The molecule has 0 aromatic carbocycles. The van der Waals surface area contributed by atoms with E-state index in [0.717, 1.165) is 26.1 Å². The molecular formula is C13H20N2O3. The average molecular weight is 252 g/mol. The van der Waals surface area contributed by atoms with Crippen LogP contribution in [0.3, 0.4) is 0 Å². The van der Waals surface area contributed by atoms with Crippen molar-refractivity contribution < 1.29 is 13.9 Å². The predicted octanol–water partition coefficient (Wildman–Crippen LogP) is 1.28. The molecule has 0 bridgehead atoms. The molecule has 1 unspecified atom stereocenters. The third-order valence-electron chi connectivity index (χ3n) is 3.45. The maximum atomic E-state index is 12.0. The summed E-state index contributed by atoms with van der Waals surface area (Å²) >= 11 is 0. The zero-order valence-corrected chi connectivity index (χ0v) is 10.6. The van der Waals surface area contributed by atoms with Crippen LogP contribution in [-0.2, 0) is 11.3 Å². The van der Waals surface area contributed by atoms with Crippen LogP contribution in [0, 0.1) is 5.92 Å². The van der Waals surface area contributed by atoms with Crippen LogP contribution in [0.4, 0.5) is 0 Å². The van der Waals surface area contributed by atoms with Crippen molar-refractivity contribution in [3.63, 3.8) is 0 Å². The van der Waals surface area contributed by atoms with Crippen molar-refractivity contribution in [2.75, 3.05) is 13.2 Å². The number of carbonyl (C=O) groups excluding carboxylic acids is 1. The van der Waals surface area contributed by atoms with Crippen molar-refractivity contribution in [2.45, 2.75) is 32.4 Å². The SMILES string of the molecule is CC(NC(=O)c1coc(CN)c1)C1CCOCC1. The number of nitrogens with two attached hydrogens (primary N) is 1. The molecule has 0 aliphatic carbocycles. The molecule has 2 heterocycles. The van der Waals surface area contributed by atoms with Crippen LogP contribution in [0.1, 0.15) is 35.9 Å². The number of nitrogens with one attached hydrogen (secondary N) is 1. The summed E-state index contributed by atoms with van der Waals surface area (Å²) in [6.45, 7) is 3.92. The molecule has 5 nitrogen and oxygen atoms in total. The lowest BCUT2D eigenvalue weighted by atomic mass is 9.93. The van der Waals surface area contributed by atoms with Gasteiger partial charge in [0.2, 0.25) is 0 Å². The summed E-state index contributed by atoms with van der Waals surface area (Å²) in [5.74, 6) is 1.01. The summed E-state index contributed by atoms with van der Waals surface area (Å²) in [6.07, 6.45) is 3.45. The summed E-state index contributed by atoms with van der Waals surface area (Å²) < 4.78 is 10.5. The van der Waals surface area contributed by atoms with E-state index in [1.807, 2.05) is 6.92 Å². The van der Waals surface area contributed by atoms with Gasteiger partial charge in [-0.05, 0) is 31.7 Å². The first kappa shape index (κ1) is 13.1. The van der Waals surface area contributed by atoms with Crippen LogP contribution in [-0.4, -0.2) is 25.2 Å². The molecular weight excluding hydrogens is 232 g/mol. The van der Waals surface area contributed by atoms with Crippen LogP contribution in [0.15, 0.2) is 16.7 Å². The van der Waals surface area contributed by atoms with Crippen molar-refractivity contribution in [1.29, 1.82) is 0 Å². The minimum atomic E-state index is -0.0996. The Morgan fingerprint density at radius 3 is 2.89 bits per heavy atom. The van der Waals surface area contributed by atoms with Crippen LogP contribution < -0.4 is 11.1 Å². The molecule has 1 aliphatic rings. The maximum Gasteiger partial charge on any atom is 0.254 e. The third-order valence-corrected chi connectivity index (χ3v) is 3.45. The molecule has 5 heteroatoms. The zero-order chi connectivity index (χ0) is 13.0. The molecule has 18 heavy (non-hydrogen) atoms. The Kier molecular flexibility index (Phi) is 4.38. The Hall–Kier alpha value is -1.33. The molecule has 1 aromatic rings. The highest BCUT2D eigenvalue weighted by atomic mass is 16.5. The fraction of sp³-hybridized carbons (Fsp3) is 0.615. The number of rotatable bonds is 4. The second-order valence-corrected chi connectivity index (χ2v) is 4.72. The van der Waals surface area contributed by atoms with Gasteiger partial charge in [-0.25, -0.2) is 0 Å². The van der Waals surface area contributed by atoms with Crippen LogP contribution >= 0.6 is 0 Å². The Balaban J connectivity index is 1.89. The van der Waals surface area contributed by atoms with Gasteiger partial charge >= 0.3 is 0 Å². The largest absolute Gasteiger partial charge is 0.467 e. The van der Waals surface area contributed by atoms with Gasteiger partial charge in [0, 0.05) is 19.3 Å². The monoisotopic (exact) mass is 252 g/mol. The van der Waals surface area contributed by atoms with Gasteiger partial charge in [-0.1, -0.05) is 0 Å². The second-order valence-electron chi connectivity index (χ2n) is 4.72. The molecule has 1 aromatic heterocycles. The molecule has 0 spiro atoms. The zero-order valence-electron chi connectivity index (χ0n) is 10.6. The van der Waals surface area contributed by atoms with E-state index >= 15 is 0 Å². The van der Waals surface area contributed by atoms with Gasteiger partial charge in [-0.2, -0.15) is 0 Å². The fourth-order valence-electron chi connectivity index (χ4n) is 2.23. The summed E-state index contributed by atoms with van der Waals surface area (Å²) in [6, 6.07) is 1.84. The van der Waals surface area contributed by atoms with E-state index in [-0.39, 0.29) is 11.9 Å². The summed E-state index contributed by atoms with van der Waals surface area (Å²) in [4.78, 5) is 12.0. The average Bonchev–Trinajstić information content (AvgIpc) is 2.88. The molecule has 100 valence electrons. The normalized spacial score (nSPS) is 18.6. The minimum absolute atomic E-state index is 0.0996. The summed E-state index contributed by atoms with van der Waals surface area (Å²) in [5, 5.41) is 3.01. The van der Waals surface area contributed by atoms with Gasteiger partial charge in [-0.3, -0.25) is 4.79 Å². The fourth-order valence-corrected chi connectivity index (χ4v) is 2.23. The lowest BCUT2D eigenvalue weighted by Gasteiger charge is -2.28. The smallest absolute Gasteiger partial charge is 0.254 e. The quantitative estimate of drug-likeness (QED) is 0.846. The lowest BCUT2D eigenvalue weighted by molar-refractivity contribution is 0.0538. The minimum Gasteiger partial charge on any atom is -0.467 e. The van der Waals surface area contributed by atoms with Gasteiger partial charge in [-0.15, -0.1) is 0 Å². The third kappa shape index (κ3) is 3.11. The molecule has 0 radical (unpaired) electrons. The maximum absolute atomic E-state index is 12.0. The second kappa shape index (κ2) is 6.02. The van der Waals surface area contributed by atoms with Gasteiger partial charge in [0.05, 0.1) is 12.1 Å². The van der Waals surface area contributed by atoms with Gasteiger partial charge < -0.3 is 20.2 Å². The van der Waals surface area contributed by atoms with E-state index in [9.17, 15) is 4.79 Å². The van der Waals surface area contributed by atoms with E-state index in [1.54, 1.807) is 6.07 Å². The Morgan fingerprint density at radius 1 is 1.56 bits per heavy atom. The summed E-state index contributed by atoms with van der Waals surface area (Å²) in [5.41, 5.74) is 5.98. The predicted molar refractivity (Wildman–Crippen MR) is 67.1 cm³/mol. The molecule has 1 amide bonds. The van der Waals surface area contributed by atoms with Crippen molar-refractivity contribution in [2.24, 2.45) is 11.7 Å². The molecule has 1 fully saturated rings. The Morgan fingerprint density at radius 2 is 2.28 bits per heavy atom. The van der Waals surface area contributed by atoms with E-state index in [1.165, 1.54) is 6.26 Å².